The van der Waals surface area contributed by atoms with E-state index in [-0.39, 0.29) is 18.5 Å². The number of urea groups is 1. The number of hydrogen-bond donors (Lipinski definition) is 1. The summed E-state index contributed by atoms with van der Waals surface area (Å²) in [7, 11) is 0. The van der Waals surface area contributed by atoms with Gasteiger partial charge in [0.2, 0.25) is 0 Å². The Balaban J connectivity index is 2.23. The third kappa shape index (κ3) is 1.09. The molecule has 2 aliphatic rings. The molecule has 4 nitrogen and oxygen atoms in total. The van der Waals surface area contributed by atoms with Crippen LogP contribution in [0.5, 0.6) is 0 Å². The Morgan fingerprint density at radius 1 is 1.43 bits per heavy atom. The number of carbonyl (C=O) groups is 2. The van der Waals surface area contributed by atoms with Crippen LogP contribution >= 0.6 is 0 Å². The fraction of sp³-hybridized carbons (Fsp3) is 0.600. The number of amides is 3. The summed E-state index contributed by atoms with van der Waals surface area (Å²) >= 11 is 0. The van der Waals surface area contributed by atoms with Crippen molar-refractivity contribution >= 4 is 11.9 Å². The molecule has 0 aromatic carbocycles. The van der Waals surface area contributed by atoms with E-state index in [9.17, 15) is 9.59 Å². The SMILES string of the molecule is C#CCN1C(=O)NC2(CCCC2)C1=O. The monoisotopic (exact) mass is 192 g/mol. The van der Waals surface area contributed by atoms with Crippen molar-refractivity contribution in [3.05, 3.63) is 0 Å². The lowest BCUT2D eigenvalue weighted by atomic mass is 9.98. The normalized spacial score (nSPS) is 24.1. The molecule has 1 saturated carbocycles. The van der Waals surface area contributed by atoms with E-state index in [1.54, 1.807) is 0 Å². The third-order valence-corrected chi connectivity index (χ3v) is 2.95. The Labute approximate surface area is 82.6 Å². The number of nitrogens with one attached hydrogen (secondary N) is 1. The number of nitrogens with zero attached hydrogens (tertiary/aromatic N) is 1. The van der Waals surface area contributed by atoms with Gasteiger partial charge in [-0.2, -0.15) is 0 Å². The molecule has 1 spiro atoms. The molecule has 3 amide bonds. The van der Waals surface area contributed by atoms with Crippen LogP contribution in [0, 0.1) is 12.3 Å². The van der Waals surface area contributed by atoms with E-state index in [2.05, 4.69) is 11.2 Å². The molecule has 74 valence electrons. The van der Waals surface area contributed by atoms with E-state index in [0.717, 1.165) is 30.6 Å². The molecular formula is C10H12N2O2. The Morgan fingerprint density at radius 2 is 2.07 bits per heavy atom. The minimum absolute atomic E-state index is 0.0758. The van der Waals surface area contributed by atoms with Crippen molar-refractivity contribution in [3.63, 3.8) is 0 Å². The van der Waals surface area contributed by atoms with Gasteiger partial charge in [0.15, 0.2) is 0 Å². The fourth-order valence-corrected chi connectivity index (χ4v) is 2.23. The highest BCUT2D eigenvalue weighted by molar-refractivity contribution is 6.07. The van der Waals surface area contributed by atoms with Gasteiger partial charge in [-0.25, -0.2) is 4.79 Å². The highest BCUT2D eigenvalue weighted by atomic mass is 16.2. The van der Waals surface area contributed by atoms with Gasteiger partial charge in [0.05, 0.1) is 6.54 Å². The zero-order valence-corrected chi connectivity index (χ0v) is 7.88. The predicted molar refractivity (Wildman–Crippen MR) is 50.3 cm³/mol. The molecular weight excluding hydrogens is 180 g/mol. The van der Waals surface area contributed by atoms with Crippen LogP contribution < -0.4 is 5.32 Å². The van der Waals surface area contributed by atoms with Crippen LogP contribution in [0.15, 0.2) is 0 Å². The Morgan fingerprint density at radius 3 is 2.64 bits per heavy atom. The van der Waals surface area contributed by atoms with Gasteiger partial charge >= 0.3 is 6.03 Å². The first-order chi connectivity index (χ1) is 6.69. The van der Waals surface area contributed by atoms with E-state index in [0.29, 0.717) is 0 Å². The lowest BCUT2D eigenvalue weighted by Gasteiger charge is -2.19. The van der Waals surface area contributed by atoms with Crippen LogP contribution in [0.3, 0.4) is 0 Å². The Kier molecular flexibility index (Phi) is 1.95. The van der Waals surface area contributed by atoms with Crippen LogP contribution in [0.25, 0.3) is 0 Å². The van der Waals surface area contributed by atoms with E-state index in [4.69, 9.17) is 6.42 Å². The first-order valence-electron chi connectivity index (χ1n) is 4.77. The maximum atomic E-state index is 11.9. The molecule has 0 radical (unpaired) electrons. The van der Waals surface area contributed by atoms with Crippen molar-refractivity contribution in [2.24, 2.45) is 0 Å². The quantitative estimate of drug-likeness (QED) is 0.485. The van der Waals surface area contributed by atoms with Crippen molar-refractivity contribution in [3.8, 4) is 12.3 Å². The molecule has 0 aromatic heterocycles. The summed E-state index contributed by atoms with van der Waals surface area (Å²) in [6.45, 7) is 0.0758. The van der Waals surface area contributed by atoms with Gasteiger partial charge in [0.25, 0.3) is 5.91 Å². The maximum absolute atomic E-state index is 11.9. The van der Waals surface area contributed by atoms with Gasteiger partial charge < -0.3 is 5.32 Å². The van der Waals surface area contributed by atoms with Crippen molar-refractivity contribution in [2.45, 2.75) is 31.2 Å². The molecule has 1 N–H and O–H groups in total. The molecule has 2 rings (SSSR count). The summed E-state index contributed by atoms with van der Waals surface area (Å²) in [6.07, 6.45) is 8.59. The van der Waals surface area contributed by atoms with Gasteiger partial charge in [0.1, 0.15) is 5.54 Å². The highest BCUT2D eigenvalue weighted by Crippen LogP contribution is 2.34. The van der Waals surface area contributed by atoms with E-state index in [1.807, 2.05) is 0 Å². The molecule has 1 heterocycles. The van der Waals surface area contributed by atoms with E-state index < -0.39 is 5.54 Å². The van der Waals surface area contributed by atoms with Gasteiger partial charge in [-0.15, -0.1) is 6.42 Å². The van der Waals surface area contributed by atoms with Crippen molar-refractivity contribution in [1.82, 2.24) is 10.2 Å². The van der Waals surface area contributed by atoms with E-state index in [1.165, 1.54) is 0 Å². The summed E-state index contributed by atoms with van der Waals surface area (Å²) in [6, 6.07) is -0.338. The molecule has 0 bridgehead atoms. The van der Waals surface area contributed by atoms with E-state index >= 15 is 0 Å². The summed E-state index contributed by atoms with van der Waals surface area (Å²) in [5.41, 5.74) is -0.617. The number of terminal acetylenes is 1. The molecule has 2 fully saturated rings. The van der Waals surface area contributed by atoms with Crippen molar-refractivity contribution < 1.29 is 9.59 Å². The molecule has 14 heavy (non-hydrogen) atoms. The minimum atomic E-state index is -0.617. The molecule has 0 atom stereocenters. The summed E-state index contributed by atoms with van der Waals surface area (Å²) < 4.78 is 0. The van der Waals surface area contributed by atoms with Gasteiger partial charge in [0, 0.05) is 0 Å². The maximum Gasteiger partial charge on any atom is 0.325 e. The first-order valence-corrected chi connectivity index (χ1v) is 4.77. The zero-order valence-electron chi connectivity index (χ0n) is 7.88. The molecule has 1 aliphatic carbocycles. The third-order valence-electron chi connectivity index (χ3n) is 2.95. The van der Waals surface area contributed by atoms with Gasteiger partial charge in [-0.3, -0.25) is 9.69 Å². The number of imide groups is 1. The van der Waals surface area contributed by atoms with Crippen LogP contribution in [-0.4, -0.2) is 28.9 Å². The molecule has 0 aromatic rings. The van der Waals surface area contributed by atoms with Crippen LogP contribution in [0.4, 0.5) is 4.79 Å². The smallest absolute Gasteiger partial charge is 0.323 e. The Bertz CT molecular complexity index is 324. The summed E-state index contributed by atoms with van der Waals surface area (Å²) in [5.74, 6) is 2.18. The number of hydrogen-bond acceptors (Lipinski definition) is 2. The standard InChI is InChI=1S/C10H12N2O2/c1-2-7-12-8(13)10(11-9(12)14)5-3-4-6-10/h1H,3-7H2,(H,11,14). The molecule has 4 heteroatoms. The second kappa shape index (κ2) is 3.02. The average Bonchev–Trinajstić information content (AvgIpc) is 2.69. The van der Waals surface area contributed by atoms with Crippen LogP contribution in [0.1, 0.15) is 25.7 Å². The second-order valence-electron chi connectivity index (χ2n) is 3.81. The topological polar surface area (TPSA) is 49.4 Å². The lowest BCUT2D eigenvalue weighted by molar-refractivity contribution is -0.130. The van der Waals surface area contributed by atoms with Crippen LogP contribution in [0.2, 0.25) is 0 Å². The lowest BCUT2D eigenvalue weighted by Crippen LogP contribution is -2.44. The Hall–Kier alpha value is -1.50. The van der Waals surface area contributed by atoms with Gasteiger partial charge in [-0.1, -0.05) is 18.8 Å². The number of carbonyl (C=O) groups excluding carboxylic acids is 2. The summed E-state index contributed by atoms with van der Waals surface area (Å²) in [5, 5.41) is 2.76. The highest BCUT2D eigenvalue weighted by Gasteiger charge is 2.51. The summed E-state index contributed by atoms with van der Waals surface area (Å²) in [4.78, 5) is 24.4. The number of rotatable bonds is 1. The van der Waals surface area contributed by atoms with Crippen molar-refractivity contribution in [1.29, 1.82) is 0 Å². The zero-order chi connectivity index (χ0) is 10.2. The van der Waals surface area contributed by atoms with Gasteiger partial charge in [-0.05, 0) is 12.8 Å². The average molecular weight is 192 g/mol. The minimum Gasteiger partial charge on any atom is -0.323 e. The molecule has 1 saturated heterocycles. The fourth-order valence-electron chi connectivity index (χ4n) is 2.23. The molecule has 1 aliphatic heterocycles. The first kappa shape index (κ1) is 9.07. The molecule has 0 unspecified atom stereocenters. The van der Waals surface area contributed by atoms with Crippen molar-refractivity contribution in [2.75, 3.05) is 6.54 Å². The largest absolute Gasteiger partial charge is 0.325 e. The second-order valence-corrected chi connectivity index (χ2v) is 3.81. The predicted octanol–water partition coefficient (Wildman–Crippen LogP) is 0.484. The van der Waals surface area contributed by atoms with Crippen LogP contribution in [-0.2, 0) is 4.79 Å².